The van der Waals surface area contributed by atoms with E-state index in [9.17, 15) is 4.79 Å². The largest absolute Gasteiger partial charge is 0.491 e. The molecule has 0 fully saturated rings. The first-order valence-electron chi connectivity index (χ1n) is 4.61. The number of aryl methyl sites for hydroxylation is 1. The minimum absolute atomic E-state index is 0.166. The third-order valence-corrected chi connectivity index (χ3v) is 1.78. The van der Waals surface area contributed by atoms with Crippen LogP contribution in [0, 0.1) is 6.92 Å². The Kier molecular flexibility index (Phi) is 3.51. The van der Waals surface area contributed by atoms with Crippen LogP contribution in [-0.2, 0) is 4.79 Å². The number of rotatable bonds is 4. The Labute approximate surface area is 84.1 Å². The Bertz CT molecular complexity index is 321. The predicted octanol–water partition coefficient (Wildman–Crippen LogP) is 2.35. The summed E-state index contributed by atoms with van der Waals surface area (Å²) >= 11 is 0. The predicted molar refractivity (Wildman–Crippen MR) is 56.6 cm³/mol. The van der Waals surface area contributed by atoms with Crippen LogP contribution < -0.4 is 10.1 Å². The quantitative estimate of drug-likeness (QED) is 0.745. The van der Waals surface area contributed by atoms with Crippen LogP contribution in [0.5, 0.6) is 5.75 Å². The number of amides is 1. The van der Waals surface area contributed by atoms with E-state index in [0.29, 0.717) is 6.41 Å². The van der Waals surface area contributed by atoms with Crippen LogP contribution in [0.1, 0.15) is 19.4 Å². The van der Waals surface area contributed by atoms with Crippen molar-refractivity contribution in [2.45, 2.75) is 26.9 Å². The van der Waals surface area contributed by atoms with Crippen molar-refractivity contribution in [1.29, 1.82) is 0 Å². The second-order valence-corrected chi connectivity index (χ2v) is 3.41. The maximum Gasteiger partial charge on any atom is 0.211 e. The first-order valence-corrected chi connectivity index (χ1v) is 4.61. The van der Waals surface area contributed by atoms with Crippen molar-refractivity contribution >= 4 is 12.1 Å². The molecule has 14 heavy (non-hydrogen) atoms. The second-order valence-electron chi connectivity index (χ2n) is 3.41. The van der Waals surface area contributed by atoms with Crippen molar-refractivity contribution in [2.24, 2.45) is 0 Å². The highest BCUT2D eigenvalue weighted by atomic mass is 16.5. The third kappa shape index (κ3) is 2.76. The molecule has 0 aliphatic heterocycles. The van der Waals surface area contributed by atoms with Gasteiger partial charge in [0.1, 0.15) is 5.75 Å². The van der Waals surface area contributed by atoms with Crippen LogP contribution in [0.25, 0.3) is 0 Å². The van der Waals surface area contributed by atoms with Gasteiger partial charge in [0, 0.05) is 5.69 Å². The summed E-state index contributed by atoms with van der Waals surface area (Å²) in [4.78, 5) is 10.2. The lowest BCUT2D eigenvalue weighted by Crippen LogP contribution is -2.06. The Balaban J connectivity index is 2.83. The molecular weight excluding hydrogens is 178 g/mol. The van der Waals surface area contributed by atoms with E-state index in [1.807, 2.05) is 39.0 Å². The zero-order chi connectivity index (χ0) is 10.6. The summed E-state index contributed by atoms with van der Waals surface area (Å²) in [6, 6.07) is 5.59. The van der Waals surface area contributed by atoms with Crippen LogP contribution in [0.2, 0.25) is 0 Å². The van der Waals surface area contributed by atoms with Crippen molar-refractivity contribution < 1.29 is 9.53 Å². The van der Waals surface area contributed by atoms with E-state index in [1.165, 1.54) is 0 Å². The molecule has 1 amide bonds. The fraction of sp³-hybridized carbons (Fsp3) is 0.364. The van der Waals surface area contributed by atoms with E-state index in [4.69, 9.17) is 4.74 Å². The third-order valence-electron chi connectivity index (χ3n) is 1.78. The van der Waals surface area contributed by atoms with Gasteiger partial charge in [-0.25, -0.2) is 0 Å². The van der Waals surface area contributed by atoms with Gasteiger partial charge in [-0.05, 0) is 44.5 Å². The molecule has 0 aromatic heterocycles. The van der Waals surface area contributed by atoms with E-state index in [2.05, 4.69) is 5.32 Å². The Morgan fingerprint density at radius 1 is 1.43 bits per heavy atom. The maximum atomic E-state index is 10.2. The smallest absolute Gasteiger partial charge is 0.211 e. The number of carbonyl (C=O) groups excluding carboxylic acids is 1. The highest BCUT2D eigenvalue weighted by Crippen LogP contribution is 2.21. The van der Waals surface area contributed by atoms with Gasteiger partial charge in [-0.2, -0.15) is 0 Å². The summed E-state index contributed by atoms with van der Waals surface area (Å²) in [6.07, 6.45) is 0.838. The van der Waals surface area contributed by atoms with E-state index >= 15 is 0 Å². The second kappa shape index (κ2) is 4.65. The highest BCUT2D eigenvalue weighted by Gasteiger charge is 2.01. The van der Waals surface area contributed by atoms with Gasteiger partial charge in [0.15, 0.2) is 0 Å². The molecular formula is C11H15NO2. The minimum atomic E-state index is 0.166. The number of carbonyl (C=O) groups is 1. The fourth-order valence-corrected chi connectivity index (χ4v) is 1.21. The lowest BCUT2D eigenvalue weighted by atomic mass is 10.2. The van der Waals surface area contributed by atoms with Gasteiger partial charge in [0.25, 0.3) is 0 Å². The molecule has 1 aromatic rings. The number of nitrogens with one attached hydrogen (secondary N) is 1. The van der Waals surface area contributed by atoms with Gasteiger partial charge in [-0.3, -0.25) is 4.79 Å². The van der Waals surface area contributed by atoms with Gasteiger partial charge in [-0.1, -0.05) is 0 Å². The highest BCUT2D eigenvalue weighted by molar-refractivity contribution is 5.73. The summed E-state index contributed by atoms with van der Waals surface area (Å²) in [5, 5.41) is 2.62. The van der Waals surface area contributed by atoms with E-state index < -0.39 is 0 Å². The molecule has 0 saturated carbocycles. The molecule has 3 nitrogen and oxygen atoms in total. The molecule has 0 heterocycles. The number of ether oxygens (including phenoxy) is 1. The molecule has 0 spiro atoms. The number of hydrogen-bond donors (Lipinski definition) is 1. The van der Waals surface area contributed by atoms with E-state index in [1.54, 1.807) is 0 Å². The molecule has 0 radical (unpaired) electrons. The molecule has 0 aliphatic rings. The number of anilines is 1. The monoisotopic (exact) mass is 193 g/mol. The fourth-order valence-electron chi connectivity index (χ4n) is 1.21. The van der Waals surface area contributed by atoms with Crippen LogP contribution in [0.3, 0.4) is 0 Å². The summed E-state index contributed by atoms with van der Waals surface area (Å²) in [6.45, 7) is 5.89. The van der Waals surface area contributed by atoms with Crippen LogP contribution in [0.15, 0.2) is 18.2 Å². The van der Waals surface area contributed by atoms with Crippen molar-refractivity contribution in [2.75, 3.05) is 5.32 Å². The van der Waals surface area contributed by atoms with Gasteiger partial charge in [-0.15, -0.1) is 0 Å². The molecule has 0 saturated heterocycles. The molecule has 0 aliphatic carbocycles. The summed E-state index contributed by atoms with van der Waals surface area (Å²) in [5.41, 5.74) is 1.81. The normalized spacial score (nSPS) is 10.0. The summed E-state index contributed by atoms with van der Waals surface area (Å²) in [5.74, 6) is 0.828. The molecule has 0 atom stereocenters. The zero-order valence-corrected chi connectivity index (χ0v) is 8.70. The topological polar surface area (TPSA) is 38.3 Å². The molecule has 3 heteroatoms. The molecule has 0 bridgehead atoms. The van der Waals surface area contributed by atoms with Crippen molar-refractivity contribution in [3.8, 4) is 5.75 Å². The van der Waals surface area contributed by atoms with E-state index in [-0.39, 0.29) is 6.10 Å². The average Bonchev–Trinajstić information content (AvgIpc) is 2.09. The first kappa shape index (κ1) is 10.6. The molecule has 1 rings (SSSR count). The van der Waals surface area contributed by atoms with Gasteiger partial charge in [0.2, 0.25) is 6.41 Å². The average molecular weight is 193 g/mol. The van der Waals surface area contributed by atoms with Crippen molar-refractivity contribution in [3.05, 3.63) is 23.8 Å². The maximum absolute atomic E-state index is 10.2. The van der Waals surface area contributed by atoms with Crippen LogP contribution in [0.4, 0.5) is 5.69 Å². The lowest BCUT2D eigenvalue weighted by Gasteiger charge is -2.11. The van der Waals surface area contributed by atoms with Gasteiger partial charge < -0.3 is 10.1 Å². The van der Waals surface area contributed by atoms with Gasteiger partial charge in [0.05, 0.1) is 6.10 Å². The summed E-state index contributed by atoms with van der Waals surface area (Å²) < 4.78 is 5.51. The minimum Gasteiger partial charge on any atom is -0.491 e. The molecule has 1 N–H and O–H groups in total. The van der Waals surface area contributed by atoms with Crippen LogP contribution in [-0.4, -0.2) is 12.5 Å². The standard InChI is InChI=1S/C11H15NO2/c1-8(2)14-10-4-5-11(12-7-13)9(3)6-10/h4-8H,1-3H3,(H,12,13). The Morgan fingerprint density at radius 2 is 2.14 bits per heavy atom. The molecule has 1 aromatic carbocycles. The lowest BCUT2D eigenvalue weighted by molar-refractivity contribution is -0.105. The number of benzene rings is 1. The number of hydrogen-bond acceptors (Lipinski definition) is 2. The Hall–Kier alpha value is -1.51. The SMILES string of the molecule is Cc1cc(OC(C)C)ccc1NC=O. The van der Waals surface area contributed by atoms with Gasteiger partial charge >= 0.3 is 0 Å². The van der Waals surface area contributed by atoms with E-state index in [0.717, 1.165) is 17.0 Å². The zero-order valence-electron chi connectivity index (χ0n) is 8.70. The Morgan fingerprint density at radius 3 is 2.64 bits per heavy atom. The van der Waals surface area contributed by atoms with Crippen LogP contribution >= 0.6 is 0 Å². The van der Waals surface area contributed by atoms with Crippen molar-refractivity contribution in [1.82, 2.24) is 0 Å². The molecule has 0 unspecified atom stereocenters. The molecule has 76 valence electrons. The van der Waals surface area contributed by atoms with Crippen molar-refractivity contribution in [3.63, 3.8) is 0 Å². The summed E-state index contributed by atoms with van der Waals surface area (Å²) in [7, 11) is 0. The first-order chi connectivity index (χ1) is 6.63.